The standard InChI is InChI=1S/C25H27NO3/c1-25(2,3)15-20(24(27)28)23-18(9-10-21-19(23)7-4-12-26-21)16-8-11-22-17(14-16)6-5-13-29-22/h4,7-12,14,20H,5-6,13,15H2,1-3H3,(H,27,28). The Bertz CT molecular complexity index is 1070. The smallest absolute Gasteiger partial charge is 0.311 e. The first kappa shape index (κ1) is 19.4. The van der Waals surface area contributed by atoms with E-state index in [0.717, 1.165) is 52.8 Å². The zero-order chi connectivity index (χ0) is 20.6. The molecule has 1 aromatic heterocycles. The Hall–Kier alpha value is -2.88. The summed E-state index contributed by atoms with van der Waals surface area (Å²) in [7, 11) is 0. The number of fused-ring (bicyclic) bond motifs is 2. The van der Waals surface area contributed by atoms with Crippen molar-refractivity contribution in [1.82, 2.24) is 4.98 Å². The van der Waals surface area contributed by atoms with Gasteiger partial charge in [-0.25, -0.2) is 0 Å². The molecule has 29 heavy (non-hydrogen) atoms. The highest BCUT2D eigenvalue weighted by Gasteiger charge is 2.30. The third-order valence-electron chi connectivity index (χ3n) is 5.51. The fourth-order valence-corrected chi connectivity index (χ4v) is 4.26. The summed E-state index contributed by atoms with van der Waals surface area (Å²) in [5, 5.41) is 11.1. The molecule has 0 spiro atoms. The van der Waals surface area contributed by atoms with E-state index in [9.17, 15) is 9.90 Å². The van der Waals surface area contributed by atoms with Crippen molar-refractivity contribution in [3.05, 3.63) is 59.8 Å². The summed E-state index contributed by atoms with van der Waals surface area (Å²) >= 11 is 0. The summed E-state index contributed by atoms with van der Waals surface area (Å²) in [4.78, 5) is 16.9. The van der Waals surface area contributed by atoms with Crippen LogP contribution in [0, 0.1) is 5.41 Å². The summed E-state index contributed by atoms with van der Waals surface area (Å²) in [5.74, 6) is -0.461. The lowest BCUT2D eigenvalue weighted by Gasteiger charge is -2.26. The van der Waals surface area contributed by atoms with Crippen LogP contribution in [0.3, 0.4) is 0 Å². The number of nitrogens with zero attached hydrogens (tertiary/aromatic N) is 1. The minimum atomic E-state index is -0.793. The molecule has 150 valence electrons. The third-order valence-corrected chi connectivity index (χ3v) is 5.51. The van der Waals surface area contributed by atoms with E-state index < -0.39 is 11.9 Å². The Balaban J connectivity index is 1.95. The fraction of sp³-hybridized carbons (Fsp3) is 0.360. The van der Waals surface area contributed by atoms with Crippen LogP contribution in [-0.4, -0.2) is 22.7 Å². The second kappa shape index (κ2) is 7.51. The number of carboxylic acids is 1. The molecular formula is C25H27NO3. The van der Waals surface area contributed by atoms with Crippen molar-refractivity contribution in [3.8, 4) is 16.9 Å². The average Bonchev–Trinajstić information content (AvgIpc) is 2.70. The van der Waals surface area contributed by atoms with E-state index in [1.54, 1.807) is 6.20 Å². The Morgan fingerprint density at radius 2 is 2.03 bits per heavy atom. The highest BCUT2D eigenvalue weighted by atomic mass is 16.5. The number of pyridine rings is 1. The molecule has 1 aliphatic heterocycles. The molecule has 0 radical (unpaired) electrons. The first-order valence-corrected chi connectivity index (χ1v) is 10.2. The number of rotatable bonds is 4. The molecule has 0 saturated carbocycles. The molecule has 1 atom stereocenters. The molecule has 1 N–H and O–H groups in total. The highest BCUT2D eigenvalue weighted by molar-refractivity contribution is 5.95. The van der Waals surface area contributed by atoms with Crippen molar-refractivity contribution in [2.75, 3.05) is 6.61 Å². The van der Waals surface area contributed by atoms with Gasteiger partial charge in [0, 0.05) is 11.6 Å². The van der Waals surface area contributed by atoms with Crippen LogP contribution < -0.4 is 4.74 Å². The zero-order valence-corrected chi connectivity index (χ0v) is 17.2. The van der Waals surface area contributed by atoms with Crippen LogP contribution in [0.1, 0.15) is 50.7 Å². The number of ether oxygens (including phenoxy) is 1. The van der Waals surface area contributed by atoms with Crippen LogP contribution >= 0.6 is 0 Å². The SMILES string of the molecule is CC(C)(C)CC(C(=O)O)c1c(-c2ccc3c(c2)CCCO3)ccc2ncccc12. The van der Waals surface area contributed by atoms with Gasteiger partial charge in [0.15, 0.2) is 0 Å². The minimum absolute atomic E-state index is 0.117. The topological polar surface area (TPSA) is 59.4 Å². The lowest BCUT2D eigenvalue weighted by atomic mass is 9.78. The van der Waals surface area contributed by atoms with Gasteiger partial charge in [0.2, 0.25) is 0 Å². The van der Waals surface area contributed by atoms with E-state index in [-0.39, 0.29) is 5.41 Å². The molecular weight excluding hydrogens is 362 g/mol. The zero-order valence-electron chi connectivity index (χ0n) is 17.2. The van der Waals surface area contributed by atoms with Crippen molar-refractivity contribution >= 4 is 16.9 Å². The number of benzene rings is 2. The maximum Gasteiger partial charge on any atom is 0.311 e. The second-order valence-electron chi connectivity index (χ2n) is 9.03. The van der Waals surface area contributed by atoms with Crippen molar-refractivity contribution < 1.29 is 14.6 Å². The highest BCUT2D eigenvalue weighted by Crippen LogP contribution is 2.41. The van der Waals surface area contributed by atoms with E-state index in [1.165, 1.54) is 5.56 Å². The van der Waals surface area contributed by atoms with Gasteiger partial charge in [0.05, 0.1) is 18.0 Å². The number of carbonyl (C=O) groups is 1. The van der Waals surface area contributed by atoms with E-state index in [4.69, 9.17) is 4.74 Å². The third kappa shape index (κ3) is 3.98. The number of aliphatic carboxylic acids is 1. The molecule has 0 fully saturated rings. The molecule has 4 heteroatoms. The van der Waals surface area contributed by atoms with Gasteiger partial charge in [-0.2, -0.15) is 0 Å². The molecule has 0 saturated heterocycles. The summed E-state index contributed by atoms with van der Waals surface area (Å²) in [6.45, 7) is 7.01. The number of carboxylic acid groups (broad SMARTS) is 1. The maximum atomic E-state index is 12.4. The van der Waals surface area contributed by atoms with E-state index >= 15 is 0 Å². The Morgan fingerprint density at radius 3 is 2.79 bits per heavy atom. The van der Waals surface area contributed by atoms with Crippen molar-refractivity contribution in [2.24, 2.45) is 5.41 Å². The van der Waals surface area contributed by atoms with Gasteiger partial charge in [0.25, 0.3) is 0 Å². The van der Waals surface area contributed by atoms with Crippen LogP contribution in [-0.2, 0) is 11.2 Å². The monoisotopic (exact) mass is 389 g/mol. The van der Waals surface area contributed by atoms with Gasteiger partial charge >= 0.3 is 5.97 Å². The number of aryl methyl sites for hydroxylation is 1. The lowest BCUT2D eigenvalue weighted by molar-refractivity contribution is -0.139. The van der Waals surface area contributed by atoms with Crippen molar-refractivity contribution in [2.45, 2.75) is 46.0 Å². The predicted octanol–water partition coefficient (Wildman–Crippen LogP) is 5.83. The molecule has 0 aliphatic carbocycles. The summed E-state index contributed by atoms with van der Waals surface area (Å²) in [6.07, 6.45) is 4.30. The second-order valence-corrected chi connectivity index (χ2v) is 9.03. The van der Waals surface area contributed by atoms with Crippen molar-refractivity contribution in [3.63, 3.8) is 0 Å². The summed E-state index contributed by atoms with van der Waals surface area (Å²) < 4.78 is 5.76. The van der Waals surface area contributed by atoms with Gasteiger partial charge in [-0.15, -0.1) is 0 Å². The van der Waals surface area contributed by atoms with Gasteiger partial charge in [0.1, 0.15) is 5.75 Å². The fourth-order valence-electron chi connectivity index (χ4n) is 4.26. The van der Waals surface area contributed by atoms with Crippen LogP contribution in [0.4, 0.5) is 0 Å². The maximum absolute atomic E-state index is 12.4. The molecule has 4 rings (SSSR count). The van der Waals surface area contributed by atoms with Gasteiger partial charge in [-0.1, -0.05) is 39.0 Å². The molecule has 1 unspecified atom stereocenters. The molecule has 0 amide bonds. The first-order chi connectivity index (χ1) is 13.8. The van der Waals surface area contributed by atoms with E-state index in [2.05, 4.69) is 31.8 Å². The van der Waals surface area contributed by atoms with E-state index in [1.807, 2.05) is 36.4 Å². The largest absolute Gasteiger partial charge is 0.493 e. The minimum Gasteiger partial charge on any atom is -0.493 e. The summed E-state index contributed by atoms with van der Waals surface area (Å²) in [6, 6.07) is 14.1. The Labute approximate surface area is 171 Å². The predicted molar refractivity (Wildman–Crippen MR) is 115 cm³/mol. The molecule has 0 bridgehead atoms. The normalized spacial score (nSPS) is 14.9. The number of hydrogen-bond donors (Lipinski definition) is 1. The molecule has 2 aromatic carbocycles. The van der Waals surface area contributed by atoms with Crippen LogP contribution in [0.25, 0.3) is 22.0 Å². The van der Waals surface area contributed by atoms with Crippen LogP contribution in [0.15, 0.2) is 48.7 Å². The van der Waals surface area contributed by atoms with E-state index in [0.29, 0.717) is 6.42 Å². The average molecular weight is 389 g/mol. The number of hydrogen-bond acceptors (Lipinski definition) is 3. The molecule has 4 nitrogen and oxygen atoms in total. The molecule has 3 aromatic rings. The van der Waals surface area contributed by atoms with Crippen LogP contribution in [0.5, 0.6) is 5.75 Å². The number of aromatic nitrogens is 1. The molecule has 2 heterocycles. The quantitative estimate of drug-likeness (QED) is 0.610. The lowest BCUT2D eigenvalue weighted by Crippen LogP contribution is -2.20. The van der Waals surface area contributed by atoms with Gasteiger partial charge in [-0.3, -0.25) is 9.78 Å². The van der Waals surface area contributed by atoms with Gasteiger partial charge in [-0.05, 0) is 71.2 Å². The molecule has 1 aliphatic rings. The van der Waals surface area contributed by atoms with Crippen molar-refractivity contribution in [1.29, 1.82) is 0 Å². The first-order valence-electron chi connectivity index (χ1n) is 10.2. The Kier molecular flexibility index (Phi) is 5.03. The Morgan fingerprint density at radius 1 is 1.21 bits per heavy atom. The van der Waals surface area contributed by atoms with Gasteiger partial charge < -0.3 is 9.84 Å². The van der Waals surface area contributed by atoms with Crippen LogP contribution in [0.2, 0.25) is 0 Å². The summed E-state index contributed by atoms with van der Waals surface area (Å²) in [5.41, 5.74) is 4.76.